The van der Waals surface area contributed by atoms with E-state index >= 15 is 0 Å². The fourth-order valence-corrected chi connectivity index (χ4v) is 4.61. The molecule has 1 aliphatic rings. The van der Waals surface area contributed by atoms with Gasteiger partial charge in [0.1, 0.15) is 16.5 Å². The number of carbonyl (C=O) groups excluding carboxylic acids is 2. The van der Waals surface area contributed by atoms with Gasteiger partial charge in [0.2, 0.25) is 5.88 Å². The van der Waals surface area contributed by atoms with Crippen LogP contribution in [0.15, 0.2) is 65.3 Å². The van der Waals surface area contributed by atoms with Crippen LogP contribution in [0.25, 0.3) is 11.1 Å². The number of aromatic carboxylic acids is 1. The van der Waals surface area contributed by atoms with Gasteiger partial charge in [0.15, 0.2) is 5.69 Å². The summed E-state index contributed by atoms with van der Waals surface area (Å²) in [6, 6.07) is 17.3. The van der Waals surface area contributed by atoms with Gasteiger partial charge < -0.3 is 19.7 Å². The number of ether oxygens (including phenoxy) is 1. The molecular weight excluding hydrogens is 472 g/mol. The van der Waals surface area contributed by atoms with Crippen LogP contribution < -0.4 is 10.6 Å². The summed E-state index contributed by atoms with van der Waals surface area (Å²) in [5.41, 5.74) is 4.38. The highest BCUT2D eigenvalue weighted by Crippen LogP contribution is 2.44. The number of carbonyl (C=O) groups is 3. The Hall–Kier alpha value is -4.51. The number of aromatic nitrogens is 2. The molecule has 5 rings (SSSR count). The number of fused-ring (bicyclic) bond motifs is 3. The molecule has 3 N–H and O–H groups in total. The van der Waals surface area contributed by atoms with Crippen molar-refractivity contribution in [2.45, 2.75) is 12.5 Å². The number of nitrogens with one attached hydrogen (secondary N) is 2. The summed E-state index contributed by atoms with van der Waals surface area (Å²) in [7, 11) is 0. The van der Waals surface area contributed by atoms with Crippen molar-refractivity contribution in [1.82, 2.24) is 15.5 Å². The number of carboxylic acids is 1. The van der Waals surface area contributed by atoms with E-state index in [1.807, 2.05) is 36.4 Å². The molecule has 4 aromatic rings. The van der Waals surface area contributed by atoms with Crippen molar-refractivity contribution in [2.75, 3.05) is 11.9 Å². The lowest BCUT2D eigenvalue weighted by Gasteiger charge is -2.13. The predicted octanol–water partition coefficient (Wildman–Crippen LogP) is 4.12. The second kappa shape index (κ2) is 9.39. The summed E-state index contributed by atoms with van der Waals surface area (Å²) < 4.78 is 10.5. The molecule has 0 radical (unpaired) electrons. The highest BCUT2D eigenvalue weighted by molar-refractivity contribution is 7.13. The lowest BCUT2D eigenvalue weighted by molar-refractivity contribution is 0.0701. The highest BCUT2D eigenvalue weighted by Gasteiger charge is 2.29. The van der Waals surface area contributed by atoms with Crippen LogP contribution in [0, 0.1) is 0 Å². The number of nitrogens with zero attached hydrogens (tertiary/aromatic N) is 2. The van der Waals surface area contributed by atoms with Crippen LogP contribution in [-0.2, 0) is 11.3 Å². The van der Waals surface area contributed by atoms with E-state index in [1.54, 1.807) is 0 Å². The third-order valence-corrected chi connectivity index (χ3v) is 6.46. The lowest BCUT2D eigenvalue weighted by atomic mass is 9.98. The molecule has 1 aliphatic carbocycles. The average molecular weight is 490 g/mol. The molecule has 2 aromatic heterocycles. The summed E-state index contributed by atoms with van der Waals surface area (Å²) in [6.07, 6.45) is 0.486. The molecule has 11 heteroatoms. The predicted molar refractivity (Wildman–Crippen MR) is 125 cm³/mol. The first-order valence-corrected chi connectivity index (χ1v) is 11.4. The van der Waals surface area contributed by atoms with Gasteiger partial charge in [0.25, 0.3) is 5.91 Å². The molecular formula is C24H18N4O6S. The first-order valence-electron chi connectivity index (χ1n) is 10.5. The number of thiazole rings is 1. The zero-order chi connectivity index (χ0) is 24.4. The minimum Gasteiger partial charge on any atom is -0.477 e. The van der Waals surface area contributed by atoms with Crippen molar-refractivity contribution < 1.29 is 28.8 Å². The smallest absolute Gasteiger partial charge is 0.414 e. The molecule has 2 heterocycles. The summed E-state index contributed by atoms with van der Waals surface area (Å²) in [5, 5.41) is 18.0. The Bertz CT molecular complexity index is 1380. The second-order valence-corrected chi connectivity index (χ2v) is 8.75. The van der Waals surface area contributed by atoms with Gasteiger partial charge in [-0.2, -0.15) is 0 Å². The van der Waals surface area contributed by atoms with Gasteiger partial charge in [-0.15, -0.1) is 11.3 Å². The van der Waals surface area contributed by atoms with Gasteiger partial charge in [-0.1, -0.05) is 53.7 Å². The molecule has 0 saturated carbocycles. The largest absolute Gasteiger partial charge is 0.477 e. The van der Waals surface area contributed by atoms with Crippen molar-refractivity contribution in [3.8, 4) is 11.1 Å². The first kappa shape index (κ1) is 22.3. The van der Waals surface area contributed by atoms with Crippen LogP contribution in [0.5, 0.6) is 0 Å². The highest BCUT2D eigenvalue weighted by atomic mass is 32.1. The number of anilines is 1. The number of carboxylic acid groups (broad SMARTS) is 1. The van der Waals surface area contributed by atoms with Gasteiger partial charge in [0.05, 0.1) is 12.7 Å². The first-order chi connectivity index (χ1) is 17.0. The monoisotopic (exact) mass is 490 g/mol. The second-order valence-electron chi connectivity index (χ2n) is 7.63. The van der Waals surface area contributed by atoms with Crippen LogP contribution in [0.2, 0.25) is 0 Å². The average Bonchev–Trinajstić information content (AvgIpc) is 3.59. The van der Waals surface area contributed by atoms with Crippen molar-refractivity contribution >= 4 is 35.2 Å². The lowest BCUT2D eigenvalue weighted by Crippen LogP contribution is -2.23. The van der Waals surface area contributed by atoms with Crippen molar-refractivity contribution in [3.05, 3.63) is 87.5 Å². The molecule has 0 unspecified atom stereocenters. The normalized spacial score (nSPS) is 12.0. The van der Waals surface area contributed by atoms with Gasteiger partial charge in [0, 0.05) is 12.0 Å². The van der Waals surface area contributed by atoms with E-state index in [9.17, 15) is 14.4 Å². The summed E-state index contributed by atoms with van der Waals surface area (Å²) in [5.74, 6) is -1.78. The Balaban J connectivity index is 1.16. The number of benzene rings is 2. The summed E-state index contributed by atoms with van der Waals surface area (Å²) in [6.45, 7) is 0.159. The maximum Gasteiger partial charge on any atom is 0.414 e. The van der Waals surface area contributed by atoms with Crippen molar-refractivity contribution in [3.63, 3.8) is 0 Å². The fraction of sp³-hybridized carbons (Fsp3) is 0.125. The van der Waals surface area contributed by atoms with Crippen LogP contribution in [0.1, 0.15) is 42.2 Å². The zero-order valence-electron chi connectivity index (χ0n) is 18.1. The summed E-state index contributed by atoms with van der Waals surface area (Å²) in [4.78, 5) is 39.6. The maximum atomic E-state index is 12.4. The Kier molecular flexibility index (Phi) is 5.98. The van der Waals surface area contributed by atoms with E-state index < -0.39 is 18.0 Å². The zero-order valence-corrected chi connectivity index (χ0v) is 18.9. The quantitative estimate of drug-likeness (QED) is 0.351. The molecule has 176 valence electrons. The molecule has 35 heavy (non-hydrogen) atoms. The molecule has 0 spiro atoms. The van der Waals surface area contributed by atoms with E-state index in [0.717, 1.165) is 33.6 Å². The Morgan fingerprint density at radius 2 is 1.74 bits per heavy atom. The molecule has 0 fully saturated rings. The number of hydrogen-bond donors (Lipinski definition) is 3. The minimum absolute atomic E-state index is 0.0266. The van der Waals surface area contributed by atoms with Gasteiger partial charge in [-0.05, 0) is 22.3 Å². The molecule has 0 atom stereocenters. The van der Waals surface area contributed by atoms with E-state index in [-0.39, 0.29) is 35.5 Å². The van der Waals surface area contributed by atoms with Crippen molar-refractivity contribution in [2.24, 2.45) is 0 Å². The Morgan fingerprint density at radius 1 is 1.06 bits per heavy atom. The molecule has 0 saturated heterocycles. The molecule has 0 aliphatic heterocycles. The van der Waals surface area contributed by atoms with E-state index in [0.29, 0.717) is 5.01 Å². The SMILES string of the molecule is O=C(Nc1cc(C(=O)NCc2ncc(C(=O)O)s2)no1)OCC1c2ccccc2-c2ccccc21. The van der Waals surface area contributed by atoms with E-state index in [4.69, 9.17) is 14.4 Å². The molecule has 2 aromatic carbocycles. The maximum absolute atomic E-state index is 12.4. The van der Waals surface area contributed by atoms with E-state index in [1.165, 1.54) is 12.3 Å². The van der Waals surface area contributed by atoms with E-state index in [2.05, 4.69) is 32.9 Å². The van der Waals surface area contributed by atoms with Crippen molar-refractivity contribution in [1.29, 1.82) is 0 Å². The Morgan fingerprint density at radius 3 is 2.40 bits per heavy atom. The van der Waals surface area contributed by atoms with Crippen LogP contribution >= 0.6 is 11.3 Å². The molecule has 10 nitrogen and oxygen atoms in total. The fourth-order valence-electron chi connectivity index (χ4n) is 3.91. The standard InChI is InChI=1S/C24H18N4O6S/c29-22(26-11-21-25-10-19(35-21)23(30)31)18-9-20(34-28-18)27-24(32)33-12-17-15-7-3-1-5-13(15)14-6-2-4-8-16(14)17/h1-10,17H,11-12H2,(H,26,29)(H,27,32)(H,30,31). The molecule has 2 amide bonds. The number of amides is 2. The van der Waals surface area contributed by atoms with Crippen LogP contribution in [0.3, 0.4) is 0 Å². The van der Waals surface area contributed by atoms with Gasteiger partial charge in [-0.25, -0.2) is 14.6 Å². The Labute approximate surface area is 202 Å². The van der Waals surface area contributed by atoms with Crippen LogP contribution in [0.4, 0.5) is 10.7 Å². The summed E-state index contributed by atoms with van der Waals surface area (Å²) >= 11 is 0.956. The third-order valence-electron chi connectivity index (χ3n) is 5.48. The third kappa shape index (κ3) is 4.62. The topological polar surface area (TPSA) is 144 Å². The minimum atomic E-state index is -1.08. The van der Waals surface area contributed by atoms with Crippen LogP contribution in [-0.4, -0.2) is 39.8 Å². The number of rotatable bonds is 7. The van der Waals surface area contributed by atoms with Gasteiger partial charge >= 0.3 is 12.1 Å². The number of hydrogen-bond acceptors (Lipinski definition) is 8. The van der Waals surface area contributed by atoms with Gasteiger partial charge in [-0.3, -0.25) is 10.1 Å². The molecule has 0 bridgehead atoms.